The van der Waals surface area contributed by atoms with E-state index in [1.807, 2.05) is 0 Å². The number of hydrogen-bond donors (Lipinski definition) is 1. The van der Waals surface area contributed by atoms with Gasteiger partial charge in [-0.1, -0.05) is 45.4 Å². The van der Waals surface area contributed by atoms with Gasteiger partial charge in [-0.15, -0.1) is 0 Å². The van der Waals surface area contributed by atoms with Crippen molar-refractivity contribution in [2.45, 2.75) is 64.4 Å². The molecular weight excluding hydrogens is 148 g/mol. The zero-order valence-corrected chi connectivity index (χ0v) is 8.26. The molecule has 1 heteroatoms. The third-order valence-corrected chi connectivity index (χ3v) is 2.91. The van der Waals surface area contributed by atoms with Gasteiger partial charge in [0.2, 0.25) is 0 Å². The van der Waals surface area contributed by atoms with Crippen molar-refractivity contribution in [3.05, 3.63) is 0 Å². The first-order chi connectivity index (χ1) is 5.79. The molecule has 2 rings (SSSR count). The molecule has 0 spiro atoms. The van der Waals surface area contributed by atoms with E-state index in [2.05, 4.69) is 6.92 Å². The first kappa shape index (κ1) is 10.0. The number of aliphatic hydroxyl groups is 1. The van der Waals surface area contributed by atoms with Crippen molar-refractivity contribution >= 4 is 0 Å². The molecule has 0 saturated heterocycles. The minimum absolute atomic E-state index is 0.0127. The number of aliphatic hydroxyl groups excluding tert-OH is 1. The van der Waals surface area contributed by atoms with Crippen LogP contribution in [0.5, 0.6) is 0 Å². The summed E-state index contributed by atoms with van der Waals surface area (Å²) in [6, 6.07) is 0. The Morgan fingerprint density at radius 3 is 1.75 bits per heavy atom. The van der Waals surface area contributed by atoms with Gasteiger partial charge >= 0.3 is 0 Å². The molecule has 1 N–H and O–H groups in total. The summed E-state index contributed by atoms with van der Waals surface area (Å²) in [4.78, 5) is 0. The molecule has 2 fully saturated rings. The monoisotopic (exact) mass is 170 g/mol. The number of rotatable bonds is 0. The molecule has 0 aromatic rings. The Labute approximate surface area is 76.2 Å². The second-order valence-corrected chi connectivity index (χ2v) is 4.34. The van der Waals surface area contributed by atoms with E-state index in [4.69, 9.17) is 5.11 Å². The Kier molecular flexibility index (Phi) is 4.67. The van der Waals surface area contributed by atoms with Gasteiger partial charge in [0.25, 0.3) is 0 Å². The van der Waals surface area contributed by atoms with Crippen molar-refractivity contribution in [2.75, 3.05) is 0 Å². The summed E-state index contributed by atoms with van der Waals surface area (Å²) in [5.74, 6) is 0.763. The van der Waals surface area contributed by atoms with Crippen LogP contribution in [0.1, 0.15) is 58.3 Å². The highest BCUT2D eigenvalue weighted by Gasteiger charge is 2.15. The second kappa shape index (κ2) is 5.58. The van der Waals surface area contributed by atoms with Gasteiger partial charge in [-0.2, -0.15) is 0 Å². The van der Waals surface area contributed by atoms with E-state index in [1.54, 1.807) is 0 Å². The summed E-state index contributed by atoms with van der Waals surface area (Å²) in [5.41, 5.74) is 0. The molecule has 0 amide bonds. The normalized spacial score (nSPS) is 34.5. The van der Waals surface area contributed by atoms with Crippen LogP contribution in [-0.2, 0) is 0 Å². The largest absolute Gasteiger partial charge is 0.393 e. The maximum absolute atomic E-state index is 9.08. The van der Waals surface area contributed by atoms with Crippen LogP contribution in [0.3, 0.4) is 0 Å². The topological polar surface area (TPSA) is 20.2 Å². The zero-order valence-electron chi connectivity index (χ0n) is 8.26. The lowest BCUT2D eigenvalue weighted by Gasteiger charge is -2.21. The lowest BCUT2D eigenvalue weighted by atomic mass is 9.89. The van der Waals surface area contributed by atoms with Crippen LogP contribution in [0, 0.1) is 5.92 Å². The molecule has 0 aromatic carbocycles. The molecule has 2 aliphatic rings. The third-order valence-electron chi connectivity index (χ3n) is 2.91. The van der Waals surface area contributed by atoms with E-state index in [9.17, 15) is 0 Å². The summed E-state index contributed by atoms with van der Waals surface area (Å²) in [5, 5.41) is 9.08. The SMILES string of the molecule is C1CCC1.CC1CCCC(O)C1. The Morgan fingerprint density at radius 2 is 1.50 bits per heavy atom. The molecule has 2 saturated carbocycles. The van der Waals surface area contributed by atoms with Crippen molar-refractivity contribution in [2.24, 2.45) is 5.92 Å². The van der Waals surface area contributed by atoms with Gasteiger partial charge < -0.3 is 5.11 Å². The molecule has 2 unspecified atom stereocenters. The van der Waals surface area contributed by atoms with E-state index in [1.165, 1.54) is 38.5 Å². The lowest BCUT2D eigenvalue weighted by molar-refractivity contribution is 0.106. The fraction of sp³-hybridized carbons (Fsp3) is 1.00. The highest BCUT2D eigenvalue weighted by molar-refractivity contribution is 4.67. The van der Waals surface area contributed by atoms with E-state index in [-0.39, 0.29) is 6.10 Å². The van der Waals surface area contributed by atoms with Gasteiger partial charge in [-0.25, -0.2) is 0 Å². The minimum atomic E-state index is 0.0127. The lowest BCUT2D eigenvalue weighted by Crippen LogP contribution is -2.16. The molecular formula is C11H22O. The van der Waals surface area contributed by atoms with E-state index in [0.29, 0.717) is 0 Å². The van der Waals surface area contributed by atoms with Gasteiger partial charge in [0.1, 0.15) is 0 Å². The summed E-state index contributed by atoms with van der Waals surface area (Å²) >= 11 is 0. The predicted molar refractivity (Wildman–Crippen MR) is 52.1 cm³/mol. The third kappa shape index (κ3) is 4.10. The molecule has 0 aromatic heterocycles. The van der Waals surface area contributed by atoms with Gasteiger partial charge in [0.05, 0.1) is 6.10 Å². The Hall–Kier alpha value is -0.0400. The van der Waals surface area contributed by atoms with Gasteiger partial charge in [0.15, 0.2) is 0 Å². The van der Waals surface area contributed by atoms with E-state index in [0.717, 1.165) is 18.8 Å². The summed E-state index contributed by atoms with van der Waals surface area (Å²) in [6.07, 6.45) is 10.6. The quantitative estimate of drug-likeness (QED) is 0.592. The average molecular weight is 170 g/mol. The van der Waals surface area contributed by atoms with Crippen LogP contribution in [0.4, 0.5) is 0 Å². The Balaban J connectivity index is 0.000000150. The molecule has 0 aliphatic heterocycles. The Bertz CT molecular complexity index is 95.6. The van der Waals surface area contributed by atoms with Crippen LogP contribution < -0.4 is 0 Å². The molecule has 2 atom stereocenters. The molecule has 2 aliphatic carbocycles. The molecule has 1 nitrogen and oxygen atoms in total. The maximum atomic E-state index is 9.08. The molecule has 72 valence electrons. The standard InChI is InChI=1S/C7H14O.C4H8/c1-6-3-2-4-7(8)5-6;1-2-4-3-1/h6-8H,2-5H2,1H3;1-4H2. The fourth-order valence-corrected chi connectivity index (χ4v) is 1.65. The molecule has 0 bridgehead atoms. The van der Waals surface area contributed by atoms with Gasteiger partial charge in [-0.3, -0.25) is 0 Å². The summed E-state index contributed by atoms with van der Waals surface area (Å²) in [6.45, 7) is 2.21. The average Bonchev–Trinajstić information content (AvgIpc) is 1.81. The fourth-order valence-electron chi connectivity index (χ4n) is 1.65. The number of hydrogen-bond acceptors (Lipinski definition) is 1. The second-order valence-electron chi connectivity index (χ2n) is 4.34. The van der Waals surface area contributed by atoms with E-state index >= 15 is 0 Å². The molecule has 12 heavy (non-hydrogen) atoms. The van der Waals surface area contributed by atoms with Crippen LogP contribution in [0.25, 0.3) is 0 Å². The first-order valence-corrected chi connectivity index (χ1v) is 5.47. The van der Waals surface area contributed by atoms with Crippen molar-refractivity contribution in [3.63, 3.8) is 0 Å². The van der Waals surface area contributed by atoms with Crippen molar-refractivity contribution in [1.29, 1.82) is 0 Å². The van der Waals surface area contributed by atoms with Crippen LogP contribution in [0.2, 0.25) is 0 Å². The van der Waals surface area contributed by atoms with Crippen LogP contribution in [-0.4, -0.2) is 11.2 Å². The van der Waals surface area contributed by atoms with Crippen LogP contribution in [0.15, 0.2) is 0 Å². The highest BCUT2D eigenvalue weighted by atomic mass is 16.3. The maximum Gasteiger partial charge on any atom is 0.0542 e. The highest BCUT2D eigenvalue weighted by Crippen LogP contribution is 2.22. The molecule has 0 radical (unpaired) electrons. The Morgan fingerprint density at radius 1 is 0.917 bits per heavy atom. The van der Waals surface area contributed by atoms with Gasteiger partial charge in [0, 0.05) is 0 Å². The zero-order chi connectivity index (χ0) is 8.81. The van der Waals surface area contributed by atoms with E-state index < -0.39 is 0 Å². The predicted octanol–water partition coefficient (Wildman–Crippen LogP) is 3.12. The molecule has 0 heterocycles. The van der Waals surface area contributed by atoms with Crippen molar-refractivity contribution in [1.82, 2.24) is 0 Å². The summed E-state index contributed by atoms with van der Waals surface area (Å²) < 4.78 is 0. The minimum Gasteiger partial charge on any atom is -0.393 e. The van der Waals surface area contributed by atoms with Crippen molar-refractivity contribution in [3.8, 4) is 0 Å². The van der Waals surface area contributed by atoms with Crippen LogP contribution >= 0.6 is 0 Å². The summed E-state index contributed by atoms with van der Waals surface area (Å²) in [7, 11) is 0. The van der Waals surface area contributed by atoms with Gasteiger partial charge in [-0.05, 0) is 18.8 Å². The smallest absolute Gasteiger partial charge is 0.0542 e. The van der Waals surface area contributed by atoms with Crippen molar-refractivity contribution < 1.29 is 5.11 Å². The first-order valence-electron chi connectivity index (χ1n) is 5.47.